The Bertz CT molecular complexity index is 908. The first-order valence-corrected chi connectivity index (χ1v) is 9.37. The van der Waals surface area contributed by atoms with Gasteiger partial charge in [0.05, 0.1) is 23.7 Å². The number of allylic oxidation sites excluding steroid dienone is 1. The molecule has 2 aromatic heterocycles. The molecule has 136 valence electrons. The molecule has 2 aromatic rings. The van der Waals surface area contributed by atoms with Crippen molar-refractivity contribution >= 4 is 23.5 Å². The van der Waals surface area contributed by atoms with Crippen molar-refractivity contribution in [1.29, 1.82) is 0 Å². The zero-order chi connectivity index (χ0) is 18.7. The van der Waals surface area contributed by atoms with Gasteiger partial charge in [0.25, 0.3) is 5.56 Å². The van der Waals surface area contributed by atoms with Gasteiger partial charge < -0.3 is 15.0 Å². The monoisotopic (exact) mass is 372 g/mol. The summed E-state index contributed by atoms with van der Waals surface area (Å²) in [7, 11) is 0. The number of hydrogen-bond acceptors (Lipinski definition) is 7. The second-order valence-electron chi connectivity index (χ2n) is 5.67. The Labute approximate surface area is 155 Å². The number of fused-ring (bicyclic) bond motifs is 1. The highest BCUT2D eigenvalue weighted by atomic mass is 32.2. The molecule has 3 rings (SSSR count). The molecular weight excluding hydrogens is 352 g/mol. The molecule has 3 heterocycles. The van der Waals surface area contributed by atoms with Gasteiger partial charge in [-0.1, -0.05) is 24.8 Å². The summed E-state index contributed by atoms with van der Waals surface area (Å²) in [4.78, 5) is 36.9. The Morgan fingerprint density at radius 1 is 1.38 bits per heavy atom. The third-order valence-electron chi connectivity index (χ3n) is 4.01. The van der Waals surface area contributed by atoms with Crippen molar-refractivity contribution in [2.24, 2.45) is 0 Å². The zero-order valence-electron chi connectivity index (χ0n) is 14.8. The molecule has 8 heteroatoms. The number of carbonyl (C=O) groups excluding carboxylic acids is 1. The van der Waals surface area contributed by atoms with E-state index in [0.717, 1.165) is 11.3 Å². The first-order chi connectivity index (χ1) is 12.6. The molecule has 0 bridgehead atoms. The molecule has 0 saturated carbocycles. The van der Waals surface area contributed by atoms with E-state index in [9.17, 15) is 9.59 Å². The van der Waals surface area contributed by atoms with E-state index < -0.39 is 11.9 Å². The molecule has 1 aliphatic rings. The lowest BCUT2D eigenvalue weighted by atomic mass is 9.83. The summed E-state index contributed by atoms with van der Waals surface area (Å²) in [5.41, 5.74) is 1.88. The fraction of sp³-hybridized carbons (Fsp3) is 0.333. The quantitative estimate of drug-likeness (QED) is 0.473. The first-order valence-electron chi connectivity index (χ1n) is 8.38. The van der Waals surface area contributed by atoms with Crippen LogP contribution in [0.4, 0.5) is 5.82 Å². The van der Waals surface area contributed by atoms with E-state index in [4.69, 9.17) is 4.74 Å². The predicted molar refractivity (Wildman–Crippen MR) is 100 cm³/mol. The zero-order valence-corrected chi connectivity index (χ0v) is 15.6. The van der Waals surface area contributed by atoms with Crippen LogP contribution in [-0.4, -0.2) is 33.3 Å². The number of carbonyl (C=O) groups is 1. The number of anilines is 1. The van der Waals surface area contributed by atoms with Crippen molar-refractivity contribution in [2.45, 2.75) is 31.8 Å². The molecule has 26 heavy (non-hydrogen) atoms. The van der Waals surface area contributed by atoms with E-state index in [1.54, 1.807) is 32.3 Å². The largest absolute Gasteiger partial charge is 0.463 e. The molecular formula is C18H20N4O3S. The van der Waals surface area contributed by atoms with Crippen molar-refractivity contribution in [3.8, 4) is 0 Å². The summed E-state index contributed by atoms with van der Waals surface area (Å²) >= 11 is 1.45. The molecule has 0 saturated heterocycles. The normalized spacial score (nSPS) is 16.0. The van der Waals surface area contributed by atoms with Gasteiger partial charge >= 0.3 is 5.97 Å². The van der Waals surface area contributed by atoms with Crippen LogP contribution in [0.5, 0.6) is 0 Å². The molecule has 0 aliphatic carbocycles. The molecule has 0 fully saturated rings. The number of thioether (sulfide) groups is 1. The number of aromatic amines is 1. The van der Waals surface area contributed by atoms with Crippen LogP contribution < -0.4 is 10.9 Å². The van der Waals surface area contributed by atoms with Gasteiger partial charge in [-0.2, -0.15) is 0 Å². The van der Waals surface area contributed by atoms with E-state index in [1.807, 2.05) is 13.0 Å². The highest BCUT2D eigenvalue weighted by Gasteiger charge is 2.36. The van der Waals surface area contributed by atoms with Crippen LogP contribution in [0.15, 0.2) is 45.7 Å². The van der Waals surface area contributed by atoms with E-state index in [-0.39, 0.29) is 12.2 Å². The minimum Gasteiger partial charge on any atom is -0.463 e. The van der Waals surface area contributed by atoms with Crippen LogP contribution in [0, 0.1) is 0 Å². The smallest absolute Gasteiger partial charge is 0.336 e. The van der Waals surface area contributed by atoms with Crippen LogP contribution in [0.2, 0.25) is 0 Å². The van der Waals surface area contributed by atoms with Crippen molar-refractivity contribution in [3.63, 3.8) is 0 Å². The standard InChI is InChI=1S/C18H20N4O3S/c1-4-25-17(24)12-10(3)20-15-14(13(12)11-7-6-8-19-9-11)16(23)22-18(21-15)26-5-2/h6-9,13H,4-5H2,1-3H3,(H2,20,21,22,23)/t13-/m1/s1. The Balaban J connectivity index is 2.22. The summed E-state index contributed by atoms with van der Waals surface area (Å²) in [6, 6.07) is 3.62. The van der Waals surface area contributed by atoms with Crippen molar-refractivity contribution < 1.29 is 9.53 Å². The van der Waals surface area contributed by atoms with Crippen LogP contribution in [0.3, 0.4) is 0 Å². The molecule has 0 amide bonds. The Morgan fingerprint density at radius 2 is 2.19 bits per heavy atom. The number of nitrogens with one attached hydrogen (secondary N) is 2. The molecule has 1 aliphatic heterocycles. The van der Waals surface area contributed by atoms with Gasteiger partial charge in [-0.3, -0.25) is 9.78 Å². The fourth-order valence-corrected chi connectivity index (χ4v) is 3.59. The lowest BCUT2D eigenvalue weighted by Crippen LogP contribution is -2.31. The average Bonchev–Trinajstić information content (AvgIpc) is 2.61. The maximum Gasteiger partial charge on any atom is 0.336 e. The van der Waals surface area contributed by atoms with Gasteiger partial charge in [0.1, 0.15) is 5.82 Å². The summed E-state index contributed by atoms with van der Waals surface area (Å²) in [6.45, 7) is 5.77. The van der Waals surface area contributed by atoms with Crippen molar-refractivity contribution in [3.05, 3.63) is 57.3 Å². The van der Waals surface area contributed by atoms with Crippen LogP contribution in [0.25, 0.3) is 0 Å². The number of hydrogen-bond donors (Lipinski definition) is 2. The van der Waals surface area contributed by atoms with Gasteiger partial charge in [-0.25, -0.2) is 9.78 Å². The molecule has 1 atom stereocenters. The number of pyridine rings is 1. The third-order valence-corrected chi connectivity index (χ3v) is 4.77. The second kappa shape index (κ2) is 7.74. The Kier molecular flexibility index (Phi) is 5.41. The third kappa shape index (κ3) is 3.37. The highest BCUT2D eigenvalue weighted by molar-refractivity contribution is 7.99. The molecule has 0 spiro atoms. The number of esters is 1. The average molecular weight is 372 g/mol. The number of ether oxygens (including phenoxy) is 1. The SMILES string of the molecule is CCOC(=O)C1=C(C)Nc2nc(SCC)[nH]c(=O)c2[C@@H]1c1cccnc1. The molecule has 7 nitrogen and oxygen atoms in total. The van der Waals surface area contributed by atoms with Crippen LogP contribution in [-0.2, 0) is 9.53 Å². The van der Waals surface area contributed by atoms with E-state index in [0.29, 0.717) is 27.8 Å². The van der Waals surface area contributed by atoms with E-state index >= 15 is 0 Å². The minimum atomic E-state index is -0.587. The summed E-state index contributed by atoms with van der Waals surface area (Å²) < 4.78 is 5.23. The minimum absolute atomic E-state index is 0.253. The van der Waals surface area contributed by atoms with Gasteiger partial charge in [0, 0.05) is 18.1 Å². The van der Waals surface area contributed by atoms with Gasteiger partial charge in [0.15, 0.2) is 5.16 Å². The first kappa shape index (κ1) is 18.2. The molecule has 2 N–H and O–H groups in total. The van der Waals surface area contributed by atoms with E-state index in [2.05, 4.69) is 20.3 Å². The molecule has 0 aromatic carbocycles. The summed E-state index contributed by atoms with van der Waals surface area (Å²) in [5, 5.41) is 3.65. The maximum atomic E-state index is 12.8. The van der Waals surface area contributed by atoms with Gasteiger partial charge in [-0.05, 0) is 31.2 Å². The van der Waals surface area contributed by atoms with E-state index in [1.165, 1.54) is 11.8 Å². The Hall–Kier alpha value is -2.61. The van der Waals surface area contributed by atoms with Crippen molar-refractivity contribution in [1.82, 2.24) is 15.0 Å². The van der Waals surface area contributed by atoms with Crippen molar-refractivity contribution in [2.75, 3.05) is 17.7 Å². The number of H-pyrrole nitrogens is 1. The topological polar surface area (TPSA) is 97.0 Å². The van der Waals surface area contributed by atoms with Gasteiger partial charge in [0.2, 0.25) is 0 Å². The lowest BCUT2D eigenvalue weighted by molar-refractivity contribution is -0.138. The number of aromatic nitrogens is 3. The molecule has 0 radical (unpaired) electrons. The molecule has 0 unspecified atom stereocenters. The number of rotatable bonds is 5. The fourth-order valence-electron chi connectivity index (χ4n) is 3.00. The Morgan fingerprint density at radius 3 is 2.85 bits per heavy atom. The lowest BCUT2D eigenvalue weighted by Gasteiger charge is -2.28. The summed E-state index contributed by atoms with van der Waals surface area (Å²) in [5.74, 6) is 0.208. The maximum absolute atomic E-state index is 12.8. The van der Waals surface area contributed by atoms with Gasteiger partial charge in [-0.15, -0.1) is 0 Å². The second-order valence-corrected chi connectivity index (χ2v) is 6.92. The summed E-state index contributed by atoms with van der Waals surface area (Å²) in [6.07, 6.45) is 3.30. The highest BCUT2D eigenvalue weighted by Crippen LogP contribution is 2.39. The van der Waals surface area contributed by atoms with Crippen LogP contribution in [0.1, 0.15) is 37.8 Å². The van der Waals surface area contributed by atoms with Crippen LogP contribution >= 0.6 is 11.8 Å². The number of nitrogens with zero attached hydrogens (tertiary/aromatic N) is 2. The predicted octanol–water partition coefficient (Wildman–Crippen LogP) is 2.67.